The number of para-hydroxylation sites is 1. The SMILES string of the molecule is O=C(c1cc(=O)c2ccccc2o1)N1CC(c2nc(Cc3ccccc3)no2)C1. The smallest absolute Gasteiger partial charge is 0.289 e. The van der Waals surface area contributed by atoms with Crippen LogP contribution >= 0.6 is 0 Å². The summed E-state index contributed by atoms with van der Waals surface area (Å²) in [6.45, 7) is 0.894. The molecule has 0 aliphatic carbocycles. The first-order chi connectivity index (χ1) is 14.2. The van der Waals surface area contributed by atoms with Crippen LogP contribution in [0.3, 0.4) is 0 Å². The van der Waals surface area contributed by atoms with Gasteiger partial charge in [-0.1, -0.05) is 47.6 Å². The fraction of sp³-hybridized carbons (Fsp3) is 0.182. The molecule has 4 aromatic rings. The molecule has 1 amide bonds. The zero-order valence-electron chi connectivity index (χ0n) is 15.4. The Morgan fingerprint density at radius 3 is 2.66 bits per heavy atom. The van der Waals surface area contributed by atoms with Gasteiger partial charge in [0.25, 0.3) is 5.91 Å². The third kappa shape index (κ3) is 3.31. The van der Waals surface area contributed by atoms with Crippen LogP contribution < -0.4 is 5.43 Å². The van der Waals surface area contributed by atoms with Gasteiger partial charge < -0.3 is 13.8 Å². The lowest BCUT2D eigenvalue weighted by molar-refractivity contribution is 0.0537. The fourth-order valence-electron chi connectivity index (χ4n) is 3.45. The highest BCUT2D eigenvalue weighted by Crippen LogP contribution is 2.27. The normalized spacial score (nSPS) is 14.1. The number of likely N-dealkylation sites (tertiary alicyclic amines) is 1. The topological polar surface area (TPSA) is 89.4 Å². The summed E-state index contributed by atoms with van der Waals surface area (Å²) in [6, 6.07) is 18.1. The largest absolute Gasteiger partial charge is 0.451 e. The predicted molar refractivity (Wildman–Crippen MR) is 105 cm³/mol. The number of hydrogen-bond donors (Lipinski definition) is 0. The third-order valence-electron chi connectivity index (χ3n) is 5.05. The molecule has 2 aromatic heterocycles. The molecule has 0 N–H and O–H groups in total. The highest BCUT2D eigenvalue weighted by atomic mass is 16.5. The molecule has 3 heterocycles. The molecule has 0 atom stereocenters. The van der Waals surface area contributed by atoms with Gasteiger partial charge in [-0.25, -0.2) is 0 Å². The Morgan fingerprint density at radius 1 is 1.07 bits per heavy atom. The minimum Gasteiger partial charge on any atom is -0.451 e. The van der Waals surface area contributed by atoms with E-state index in [0.717, 1.165) is 5.56 Å². The van der Waals surface area contributed by atoms with Crippen LogP contribution in [0.15, 0.2) is 74.4 Å². The van der Waals surface area contributed by atoms with Crippen LogP contribution in [0.4, 0.5) is 0 Å². The summed E-state index contributed by atoms with van der Waals surface area (Å²) in [5.74, 6) is 0.871. The quantitative estimate of drug-likeness (QED) is 0.535. The maximum Gasteiger partial charge on any atom is 0.289 e. The van der Waals surface area contributed by atoms with Crippen molar-refractivity contribution in [3.8, 4) is 0 Å². The van der Waals surface area contributed by atoms with E-state index in [1.807, 2.05) is 30.3 Å². The van der Waals surface area contributed by atoms with Crippen LogP contribution in [0.25, 0.3) is 11.0 Å². The number of aromatic nitrogens is 2. The van der Waals surface area contributed by atoms with E-state index < -0.39 is 0 Å². The molecule has 0 unspecified atom stereocenters. The van der Waals surface area contributed by atoms with Crippen molar-refractivity contribution in [2.45, 2.75) is 12.3 Å². The van der Waals surface area contributed by atoms with E-state index in [2.05, 4.69) is 10.1 Å². The molecule has 1 fully saturated rings. The highest BCUT2D eigenvalue weighted by molar-refractivity contribution is 5.93. The van der Waals surface area contributed by atoms with Crippen LogP contribution in [0, 0.1) is 0 Å². The molecular formula is C22H17N3O4. The Labute approximate surface area is 165 Å². The lowest BCUT2D eigenvalue weighted by Crippen LogP contribution is -2.48. The lowest BCUT2D eigenvalue weighted by atomic mass is 9.99. The molecule has 0 radical (unpaired) electrons. The number of hydrogen-bond acceptors (Lipinski definition) is 6. The van der Waals surface area contributed by atoms with Gasteiger partial charge in [0, 0.05) is 25.6 Å². The average molecular weight is 387 g/mol. The summed E-state index contributed by atoms with van der Waals surface area (Å²) in [5.41, 5.74) is 1.29. The second kappa shape index (κ2) is 7.01. The van der Waals surface area contributed by atoms with Crippen molar-refractivity contribution in [1.29, 1.82) is 0 Å². The van der Waals surface area contributed by atoms with E-state index in [4.69, 9.17) is 8.94 Å². The molecule has 29 heavy (non-hydrogen) atoms. The summed E-state index contributed by atoms with van der Waals surface area (Å²) in [6.07, 6.45) is 0.599. The van der Waals surface area contributed by atoms with Gasteiger partial charge in [-0.15, -0.1) is 0 Å². The zero-order chi connectivity index (χ0) is 19.8. The van der Waals surface area contributed by atoms with Crippen LogP contribution in [0.2, 0.25) is 0 Å². The van der Waals surface area contributed by atoms with E-state index in [-0.39, 0.29) is 23.0 Å². The van der Waals surface area contributed by atoms with Gasteiger partial charge in [0.2, 0.25) is 5.89 Å². The fourth-order valence-corrected chi connectivity index (χ4v) is 3.45. The van der Waals surface area contributed by atoms with Crippen LogP contribution in [0.1, 0.15) is 33.8 Å². The van der Waals surface area contributed by atoms with E-state index in [0.29, 0.717) is 42.2 Å². The van der Waals surface area contributed by atoms with Crippen molar-refractivity contribution in [2.75, 3.05) is 13.1 Å². The third-order valence-corrected chi connectivity index (χ3v) is 5.05. The molecule has 0 spiro atoms. The predicted octanol–water partition coefficient (Wildman–Crippen LogP) is 3.01. The minimum atomic E-state index is -0.312. The Balaban J connectivity index is 1.26. The summed E-state index contributed by atoms with van der Waals surface area (Å²) >= 11 is 0. The standard InChI is InChI=1S/C22H17N3O4/c26-17-11-19(28-18-9-5-4-8-16(17)18)22(27)25-12-15(13-25)21-23-20(24-29-21)10-14-6-2-1-3-7-14/h1-9,11,15H,10,12-13H2. The summed E-state index contributed by atoms with van der Waals surface area (Å²) in [5, 5.41) is 4.50. The first-order valence-electron chi connectivity index (χ1n) is 9.36. The second-order valence-corrected chi connectivity index (χ2v) is 7.09. The number of amides is 1. The first kappa shape index (κ1) is 17.4. The van der Waals surface area contributed by atoms with Crippen molar-refractivity contribution < 1.29 is 13.7 Å². The van der Waals surface area contributed by atoms with Gasteiger partial charge >= 0.3 is 0 Å². The summed E-state index contributed by atoms with van der Waals surface area (Å²) in [7, 11) is 0. The lowest BCUT2D eigenvalue weighted by Gasteiger charge is -2.36. The first-order valence-corrected chi connectivity index (χ1v) is 9.36. The number of carbonyl (C=O) groups is 1. The van der Waals surface area contributed by atoms with E-state index in [1.165, 1.54) is 6.07 Å². The molecule has 1 aliphatic heterocycles. The molecular weight excluding hydrogens is 370 g/mol. The number of nitrogens with zero attached hydrogens (tertiary/aromatic N) is 3. The molecule has 144 valence electrons. The minimum absolute atomic E-state index is 0.0110. The van der Waals surface area contributed by atoms with E-state index in [1.54, 1.807) is 29.2 Å². The maximum atomic E-state index is 12.7. The molecule has 0 saturated carbocycles. The Hall–Kier alpha value is -3.74. The van der Waals surface area contributed by atoms with Crippen molar-refractivity contribution in [1.82, 2.24) is 15.0 Å². The van der Waals surface area contributed by atoms with Crippen LogP contribution in [-0.2, 0) is 6.42 Å². The number of benzene rings is 2. The molecule has 0 bridgehead atoms. The maximum absolute atomic E-state index is 12.7. The molecule has 1 saturated heterocycles. The van der Waals surface area contributed by atoms with Crippen molar-refractivity contribution >= 4 is 16.9 Å². The average Bonchev–Trinajstić information content (AvgIpc) is 3.15. The van der Waals surface area contributed by atoms with Gasteiger partial charge in [-0.3, -0.25) is 9.59 Å². The number of carbonyl (C=O) groups excluding carboxylic acids is 1. The Morgan fingerprint density at radius 2 is 1.83 bits per heavy atom. The molecule has 5 rings (SSSR count). The summed E-state index contributed by atoms with van der Waals surface area (Å²) < 4.78 is 11.0. The Kier molecular flexibility index (Phi) is 4.20. The molecule has 7 nitrogen and oxygen atoms in total. The van der Waals surface area contributed by atoms with Gasteiger partial charge in [0.15, 0.2) is 17.0 Å². The van der Waals surface area contributed by atoms with Crippen LogP contribution in [-0.4, -0.2) is 34.0 Å². The van der Waals surface area contributed by atoms with Crippen molar-refractivity contribution in [2.24, 2.45) is 0 Å². The van der Waals surface area contributed by atoms with Crippen LogP contribution in [0.5, 0.6) is 0 Å². The van der Waals surface area contributed by atoms with Crippen molar-refractivity contribution in [3.05, 3.63) is 93.9 Å². The highest BCUT2D eigenvalue weighted by Gasteiger charge is 2.37. The Bertz CT molecular complexity index is 1240. The zero-order valence-corrected chi connectivity index (χ0v) is 15.4. The molecule has 1 aliphatic rings. The second-order valence-electron chi connectivity index (χ2n) is 7.09. The number of rotatable bonds is 4. The summed E-state index contributed by atoms with van der Waals surface area (Å²) in [4.78, 5) is 31.0. The molecule has 2 aromatic carbocycles. The van der Waals surface area contributed by atoms with Gasteiger partial charge in [0.05, 0.1) is 11.3 Å². The van der Waals surface area contributed by atoms with E-state index >= 15 is 0 Å². The van der Waals surface area contributed by atoms with Gasteiger partial charge in [0.1, 0.15) is 5.58 Å². The van der Waals surface area contributed by atoms with E-state index in [9.17, 15) is 9.59 Å². The number of fused-ring (bicyclic) bond motifs is 1. The van der Waals surface area contributed by atoms with Gasteiger partial charge in [-0.05, 0) is 17.7 Å². The van der Waals surface area contributed by atoms with Crippen molar-refractivity contribution in [3.63, 3.8) is 0 Å². The monoisotopic (exact) mass is 387 g/mol. The van der Waals surface area contributed by atoms with Gasteiger partial charge in [-0.2, -0.15) is 4.98 Å². The molecule has 7 heteroatoms.